The Morgan fingerprint density at radius 2 is 2.00 bits per heavy atom. The lowest BCUT2D eigenvalue weighted by molar-refractivity contribution is -0.114. The van der Waals surface area contributed by atoms with Gasteiger partial charge in [0.2, 0.25) is 0 Å². The number of carbonyl (C=O) groups excluding carboxylic acids is 1. The first-order valence-corrected chi connectivity index (χ1v) is 8.63. The van der Waals surface area contributed by atoms with Gasteiger partial charge in [-0.05, 0) is 47.5 Å². The summed E-state index contributed by atoms with van der Waals surface area (Å²) in [5.41, 5.74) is 3.88. The SMILES string of the molecule is C=CC1=C(C=C)C(c2cc(F)cc(Cl)c2)N(c2ccc3nc[nH]c3c2)C1=O. The Labute approximate surface area is 160 Å². The molecule has 0 saturated heterocycles. The van der Waals surface area contributed by atoms with E-state index in [1.165, 1.54) is 18.2 Å². The number of anilines is 1. The minimum atomic E-state index is -0.559. The molecule has 0 radical (unpaired) electrons. The maximum atomic E-state index is 14.0. The van der Waals surface area contributed by atoms with Crippen molar-refractivity contribution >= 4 is 34.2 Å². The normalized spacial score (nSPS) is 17.0. The van der Waals surface area contributed by atoms with Crippen LogP contribution in [0.5, 0.6) is 0 Å². The van der Waals surface area contributed by atoms with Gasteiger partial charge in [-0.3, -0.25) is 9.69 Å². The molecule has 1 aliphatic heterocycles. The summed E-state index contributed by atoms with van der Waals surface area (Å²) in [6.45, 7) is 7.59. The van der Waals surface area contributed by atoms with Crippen LogP contribution in [0.15, 0.2) is 79.2 Å². The Morgan fingerprint density at radius 3 is 2.70 bits per heavy atom. The lowest BCUT2D eigenvalue weighted by atomic mass is 9.97. The molecule has 4 rings (SSSR count). The first kappa shape index (κ1) is 17.2. The summed E-state index contributed by atoms with van der Waals surface area (Å²) in [6.07, 6.45) is 4.70. The number of imidazole rings is 1. The van der Waals surface area contributed by atoms with Crippen LogP contribution in [0, 0.1) is 5.82 Å². The maximum Gasteiger partial charge on any atom is 0.259 e. The Bertz CT molecular complexity index is 1110. The molecule has 1 N–H and O–H groups in total. The molecule has 0 spiro atoms. The van der Waals surface area contributed by atoms with Crippen molar-refractivity contribution in [1.82, 2.24) is 9.97 Å². The number of benzene rings is 2. The van der Waals surface area contributed by atoms with Crippen molar-refractivity contribution in [1.29, 1.82) is 0 Å². The van der Waals surface area contributed by atoms with Crippen molar-refractivity contribution in [3.8, 4) is 0 Å². The quantitative estimate of drug-likeness (QED) is 0.684. The molecule has 1 atom stereocenters. The van der Waals surface area contributed by atoms with Crippen molar-refractivity contribution in [3.63, 3.8) is 0 Å². The molecule has 3 aromatic rings. The van der Waals surface area contributed by atoms with Gasteiger partial charge in [-0.2, -0.15) is 0 Å². The molecule has 27 heavy (non-hydrogen) atoms. The number of carbonyl (C=O) groups is 1. The first-order valence-electron chi connectivity index (χ1n) is 8.25. The molecule has 1 unspecified atom stereocenters. The van der Waals surface area contributed by atoms with E-state index in [2.05, 4.69) is 23.1 Å². The Kier molecular flexibility index (Phi) is 4.16. The number of halogens is 2. The van der Waals surface area contributed by atoms with Gasteiger partial charge in [-0.25, -0.2) is 9.37 Å². The van der Waals surface area contributed by atoms with E-state index >= 15 is 0 Å². The Hall–Kier alpha value is -3.18. The highest BCUT2D eigenvalue weighted by Crippen LogP contribution is 2.43. The fourth-order valence-electron chi connectivity index (χ4n) is 3.49. The zero-order valence-corrected chi connectivity index (χ0v) is 15.0. The Balaban J connectivity index is 1.93. The van der Waals surface area contributed by atoms with E-state index in [1.54, 1.807) is 23.4 Å². The molecule has 6 heteroatoms. The number of hydrogen-bond donors (Lipinski definition) is 1. The van der Waals surface area contributed by atoms with Crippen molar-refractivity contribution in [2.75, 3.05) is 4.90 Å². The summed E-state index contributed by atoms with van der Waals surface area (Å²) >= 11 is 6.06. The number of rotatable bonds is 4. The second-order valence-electron chi connectivity index (χ2n) is 6.16. The fourth-order valence-corrected chi connectivity index (χ4v) is 3.72. The summed E-state index contributed by atoms with van der Waals surface area (Å²) in [7, 11) is 0. The predicted octanol–water partition coefficient (Wildman–Crippen LogP) is 5.11. The van der Waals surface area contributed by atoms with Crippen LogP contribution in [0.2, 0.25) is 5.02 Å². The molecule has 0 bridgehead atoms. The second kappa shape index (κ2) is 6.52. The topological polar surface area (TPSA) is 49.0 Å². The third-order valence-corrected chi connectivity index (χ3v) is 4.84. The third-order valence-electron chi connectivity index (χ3n) is 4.62. The number of aromatic nitrogens is 2. The molecule has 0 saturated carbocycles. The van der Waals surface area contributed by atoms with Gasteiger partial charge in [0.05, 0.1) is 23.4 Å². The average Bonchev–Trinajstić information content (AvgIpc) is 3.21. The van der Waals surface area contributed by atoms with E-state index in [0.29, 0.717) is 22.4 Å². The molecule has 0 fully saturated rings. The predicted molar refractivity (Wildman–Crippen MR) is 105 cm³/mol. The van der Waals surface area contributed by atoms with Gasteiger partial charge in [-0.1, -0.05) is 36.9 Å². The monoisotopic (exact) mass is 379 g/mol. The van der Waals surface area contributed by atoms with Crippen LogP contribution in [-0.2, 0) is 4.79 Å². The van der Waals surface area contributed by atoms with Crippen LogP contribution in [0.25, 0.3) is 11.0 Å². The van der Waals surface area contributed by atoms with E-state index in [4.69, 9.17) is 11.6 Å². The van der Waals surface area contributed by atoms with Crippen molar-refractivity contribution in [2.45, 2.75) is 6.04 Å². The van der Waals surface area contributed by atoms with E-state index in [0.717, 1.165) is 11.0 Å². The van der Waals surface area contributed by atoms with E-state index in [-0.39, 0.29) is 10.9 Å². The van der Waals surface area contributed by atoms with Gasteiger partial charge in [0.15, 0.2) is 0 Å². The Morgan fingerprint density at radius 1 is 1.19 bits per heavy atom. The summed E-state index contributed by atoms with van der Waals surface area (Å²) in [5, 5.41) is 0.261. The lowest BCUT2D eigenvalue weighted by Crippen LogP contribution is -2.30. The van der Waals surface area contributed by atoms with E-state index in [9.17, 15) is 9.18 Å². The summed E-state index contributed by atoms with van der Waals surface area (Å²) in [4.78, 5) is 22.0. The molecule has 1 aromatic heterocycles. The summed E-state index contributed by atoms with van der Waals surface area (Å²) in [5.74, 6) is -0.700. The zero-order valence-electron chi connectivity index (χ0n) is 14.2. The van der Waals surface area contributed by atoms with Crippen LogP contribution >= 0.6 is 11.6 Å². The number of fused-ring (bicyclic) bond motifs is 1. The minimum Gasteiger partial charge on any atom is -0.345 e. The molecule has 1 aliphatic rings. The number of H-pyrrole nitrogens is 1. The highest BCUT2D eigenvalue weighted by atomic mass is 35.5. The highest BCUT2D eigenvalue weighted by molar-refractivity contribution is 6.30. The maximum absolute atomic E-state index is 14.0. The number of hydrogen-bond acceptors (Lipinski definition) is 2. The molecular weight excluding hydrogens is 365 g/mol. The van der Waals surface area contributed by atoms with Crippen LogP contribution < -0.4 is 4.90 Å². The second-order valence-corrected chi connectivity index (χ2v) is 6.60. The fraction of sp³-hybridized carbons (Fsp3) is 0.0476. The summed E-state index contributed by atoms with van der Waals surface area (Å²) < 4.78 is 14.0. The lowest BCUT2D eigenvalue weighted by Gasteiger charge is -2.27. The molecule has 4 nitrogen and oxygen atoms in total. The molecular formula is C21H15ClFN3O. The van der Waals surface area contributed by atoms with E-state index < -0.39 is 11.9 Å². The van der Waals surface area contributed by atoms with Crippen molar-refractivity contribution in [3.05, 3.63) is 95.6 Å². The smallest absolute Gasteiger partial charge is 0.259 e. The third kappa shape index (κ3) is 2.76. The highest BCUT2D eigenvalue weighted by Gasteiger charge is 2.39. The molecule has 0 aliphatic carbocycles. The molecule has 2 heterocycles. The van der Waals surface area contributed by atoms with Gasteiger partial charge >= 0.3 is 0 Å². The van der Waals surface area contributed by atoms with Crippen molar-refractivity contribution in [2.24, 2.45) is 0 Å². The number of nitrogens with zero attached hydrogens (tertiary/aromatic N) is 2. The largest absolute Gasteiger partial charge is 0.345 e. The summed E-state index contributed by atoms with van der Waals surface area (Å²) in [6, 6.07) is 9.17. The number of amides is 1. The van der Waals surface area contributed by atoms with Crippen LogP contribution in [-0.4, -0.2) is 15.9 Å². The van der Waals surface area contributed by atoms with Crippen LogP contribution in [0.1, 0.15) is 11.6 Å². The van der Waals surface area contributed by atoms with Gasteiger partial charge in [0.1, 0.15) is 5.82 Å². The standard InChI is InChI=1S/C21H15ClFN3O/c1-3-16-17(4-2)21(27)26(15-5-6-18-19(10-15)25-11-24-18)20(16)12-7-13(22)9-14(23)8-12/h3-11,20H,1-2H2,(H,24,25). The van der Waals surface area contributed by atoms with Gasteiger partial charge in [0.25, 0.3) is 5.91 Å². The van der Waals surface area contributed by atoms with E-state index in [1.807, 2.05) is 18.2 Å². The van der Waals surface area contributed by atoms with Gasteiger partial charge < -0.3 is 4.98 Å². The average molecular weight is 380 g/mol. The zero-order chi connectivity index (χ0) is 19.1. The molecule has 134 valence electrons. The number of aromatic amines is 1. The molecule has 2 aromatic carbocycles. The number of nitrogens with one attached hydrogen (secondary N) is 1. The molecule has 1 amide bonds. The van der Waals surface area contributed by atoms with Crippen LogP contribution in [0.4, 0.5) is 10.1 Å². The van der Waals surface area contributed by atoms with Crippen molar-refractivity contribution < 1.29 is 9.18 Å². The van der Waals surface area contributed by atoms with Gasteiger partial charge in [0, 0.05) is 16.3 Å². The first-order chi connectivity index (χ1) is 13.0. The minimum absolute atomic E-state index is 0.232. The van der Waals surface area contributed by atoms with Crippen LogP contribution in [0.3, 0.4) is 0 Å². The van der Waals surface area contributed by atoms with Gasteiger partial charge in [-0.15, -0.1) is 0 Å².